The van der Waals surface area contributed by atoms with Crippen molar-refractivity contribution in [3.05, 3.63) is 46.8 Å². The summed E-state index contributed by atoms with van der Waals surface area (Å²) in [7, 11) is 0. The summed E-state index contributed by atoms with van der Waals surface area (Å²) in [5.74, 6) is 1.21. The van der Waals surface area contributed by atoms with Gasteiger partial charge in [0.25, 0.3) is 0 Å². The number of halogens is 1. The minimum absolute atomic E-state index is 0.578. The molecule has 124 valence electrons. The Bertz CT molecular complexity index is 798. The summed E-state index contributed by atoms with van der Waals surface area (Å²) in [5, 5.41) is 7.83. The molecule has 2 aromatic heterocycles. The van der Waals surface area contributed by atoms with Crippen molar-refractivity contribution in [3.8, 4) is 11.4 Å². The van der Waals surface area contributed by atoms with E-state index < -0.39 is 0 Å². The Morgan fingerprint density at radius 3 is 2.83 bits per heavy atom. The molecule has 1 aliphatic rings. The Balaban J connectivity index is 1.37. The molecule has 4 rings (SSSR count). The van der Waals surface area contributed by atoms with Gasteiger partial charge < -0.3 is 9.42 Å². The number of aromatic nitrogens is 3. The number of piperazine rings is 1. The molecule has 0 bridgehead atoms. The fourth-order valence-corrected chi connectivity index (χ4v) is 3.61. The first-order chi connectivity index (χ1) is 11.8. The zero-order chi connectivity index (χ0) is 16.4. The summed E-state index contributed by atoms with van der Waals surface area (Å²) in [6.07, 6.45) is 1.85. The van der Waals surface area contributed by atoms with Crippen molar-refractivity contribution in [1.29, 1.82) is 0 Å². The third kappa shape index (κ3) is 3.43. The molecule has 0 spiro atoms. The molecule has 6 nitrogen and oxygen atoms in total. The van der Waals surface area contributed by atoms with Crippen LogP contribution in [0.1, 0.15) is 5.89 Å². The average molecular weight is 362 g/mol. The first-order valence-corrected chi connectivity index (χ1v) is 8.99. The standard InChI is InChI=1S/C16H16ClN5OS/c17-13-3-1-2-12(10-13)15-19-14(23-20-15)11-21-5-7-22(8-6-21)16-18-4-9-24-16/h1-4,9-10H,5-8,11H2. The summed E-state index contributed by atoms with van der Waals surface area (Å²) in [6.45, 7) is 4.49. The van der Waals surface area contributed by atoms with E-state index in [-0.39, 0.29) is 0 Å². The van der Waals surface area contributed by atoms with Gasteiger partial charge in [-0.1, -0.05) is 28.9 Å². The Hall–Kier alpha value is -1.96. The molecule has 1 aromatic carbocycles. The average Bonchev–Trinajstić information content (AvgIpc) is 3.27. The first kappa shape index (κ1) is 15.6. The van der Waals surface area contributed by atoms with Crippen molar-refractivity contribution < 1.29 is 4.52 Å². The van der Waals surface area contributed by atoms with Gasteiger partial charge in [-0.25, -0.2) is 4.98 Å². The van der Waals surface area contributed by atoms with E-state index in [9.17, 15) is 0 Å². The highest BCUT2D eigenvalue weighted by Crippen LogP contribution is 2.22. The quantitative estimate of drug-likeness (QED) is 0.711. The predicted molar refractivity (Wildman–Crippen MR) is 94.3 cm³/mol. The lowest BCUT2D eigenvalue weighted by atomic mass is 10.2. The third-order valence-corrected chi connectivity index (χ3v) is 5.04. The Morgan fingerprint density at radius 1 is 1.21 bits per heavy atom. The molecule has 0 radical (unpaired) electrons. The number of thiazole rings is 1. The van der Waals surface area contributed by atoms with E-state index in [0.29, 0.717) is 23.3 Å². The largest absolute Gasteiger partial charge is 0.346 e. The van der Waals surface area contributed by atoms with Gasteiger partial charge in [0, 0.05) is 48.3 Å². The minimum atomic E-state index is 0.578. The molecule has 24 heavy (non-hydrogen) atoms. The SMILES string of the molecule is Clc1cccc(-c2noc(CN3CCN(c4nccs4)CC3)n2)c1. The highest BCUT2D eigenvalue weighted by molar-refractivity contribution is 7.13. The number of benzene rings is 1. The molecule has 1 fully saturated rings. The van der Waals surface area contributed by atoms with Crippen LogP contribution in [0.2, 0.25) is 5.02 Å². The first-order valence-electron chi connectivity index (χ1n) is 7.73. The lowest BCUT2D eigenvalue weighted by Gasteiger charge is -2.33. The maximum Gasteiger partial charge on any atom is 0.241 e. The van der Waals surface area contributed by atoms with E-state index in [1.54, 1.807) is 11.3 Å². The van der Waals surface area contributed by atoms with Crippen LogP contribution < -0.4 is 4.90 Å². The molecular weight excluding hydrogens is 346 g/mol. The number of hydrogen-bond acceptors (Lipinski definition) is 7. The maximum absolute atomic E-state index is 6.01. The summed E-state index contributed by atoms with van der Waals surface area (Å²) >= 11 is 7.69. The van der Waals surface area contributed by atoms with E-state index >= 15 is 0 Å². The lowest BCUT2D eigenvalue weighted by molar-refractivity contribution is 0.215. The van der Waals surface area contributed by atoms with E-state index in [4.69, 9.17) is 16.1 Å². The van der Waals surface area contributed by atoms with E-state index in [1.807, 2.05) is 35.8 Å². The number of anilines is 1. The third-order valence-electron chi connectivity index (χ3n) is 3.97. The van der Waals surface area contributed by atoms with Gasteiger partial charge >= 0.3 is 0 Å². The summed E-state index contributed by atoms with van der Waals surface area (Å²) in [5.41, 5.74) is 0.867. The van der Waals surface area contributed by atoms with Gasteiger partial charge in [0.15, 0.2) is 5.13 Å². The van der Waals surface area contributed by atoms with Gasteiger partial charge in [-0.05, 0) is 12.1 Å². The second-order valence-electron chi connectivity index (χ2n) is 5.60. The van der Waals surface area contributed by atoms with Gasteiger partial charge in [-0.3, -0.25) is 4.90 Å². The highest BCUT2D eigenvalue weighted by Gasteiger charge is 2.20. The van der Waals surface area contributed by atoms with Crippen LogP contribution in [0.4, 0.5) is 5.13 Å². The molecular formula is C16H16ClN5OS. The molecule has 0 amide bonds. The predicted octanol–water partition coefficient (Wildman–Crippen LogP) is 3.17. The smallest absolute Gasteiger partial charge is 0.241 e. The van der Waals surface area contributed by atoms with Crippen LogP contribution in [-0.4, -0.2) is 46.2 Å². The molecule has 1 aliphatic heterocycles. The van der Waals surface area contributed by atoms with E-state index in [1.165, 1.54) is 0 Å². The van der Waals surface area contributed by atoms with Crippen LogP contribution in [0.3, 0.4) is 0 Å². The van der Waals surface area contributed by atoms with Gasteiger partial charge in [0.1, 0.15) is 0 Å². The maximum atomic E-state index is 6.01. The number of hydrogen-bond donors (Lipinski definition) is 0. The Labute approximate surface area is 148 Å². The zero-order valence-corrected chi connectivity index (χ0v) is 14.5. The van der Waals surface area contributed by atoms with E-state index in [2.05, 4.69) is 24.9 Å². The molecule has 3 aromatic rings. The fraction of sp³-hybridized carbons (Fsp3) is 0.312. The van der Waals surface area contributed by atoms with Crippen molar-refractivity contribution >= 4 is 28.1 Å². The van der Waals surface area contributed by atoms with Gasteiger partial charge in [0.05, 0.1) is 6.54 Å². The van der Waals surface area contributed by atoms with Crippen molar-refractivity contribution in [1.82, 2.24) is 20.0 Å². The monoisotopic (exact) mass is 361 g/mol. The van der Waals surface area contributed by atoms with Crippen LogP contribution in [0.15, 0.2) is 40.4 Å². The summed E-state index contributed by atoms with van der Waals surface area (Å²) in [6, 6.07) is 7.47. The van der Waals surface area contributed by atoms with E-state index in [0.717, 1.165) is 36.9 Å². The topological polar surface area (TPSA) is 58.3 Å². The summed E-state index contributed by atoms with van der Waals surface area (Å²) < 4.78 is 5.39. The lowest BCUT2D eigenvalue weighted by Crippen LogP contribution is -2.46. The minimum Gasteiger partial charge on any atom is -0.346 e. The van der Waals surface area contributed by atoms with Gasteiger partial charge in [0.2, 0.25) is 11.7 Å². The second kappa shape index (κ2) is 6.88. The van der Waals surface area contributed by atoms with Crippen molar-refractivity contribution in [2.45, 2.75) is 6.54 Å². The normalized spacial score (nSPS) is 15.8. The molecule has 1 saturated heterocycles. The van der Waals surface area contributed by atoms with Crippen LogP contribution in [0.25, 0.3) is 11.4 Å². The van der Waals surface area contributed by atoms with Gasteiger partial charge in [-0.15, -0.1) is 11.3 Å². The van der Waals surface area contributed by atoms with Crippen LogP contribution in [-0.2, 0) is 6.54 Å². The Morgan fingerprint density at radius 2 is 2.08 bits per heavy atom. The highest BCUT2D eigenvalue weighted by atomic mass is 35.5. The molecule has 0 unspecified atom stereocenters. The second-order valence-corrected chi connectivity index (χ2v) is 6.91. The van der Waals surface area contributed by atoms with Crippen LogP contribution >= 0.6 is 22.9 Å². The number of rotatable bonds is 4. The van der Waals surface area contributed by atoms with Crippen molar-refractivity contribution in [3.63, 3.8) is 0 Å². The van der Waals surface area contributed by atoms with Crippen LogP contribution in [0, 0.1) is 0 Å². The molecule has 0 saturated carbocycles. The zero-order valence-electron chi connectivity index (χ0n) is 12.9. The fourth-order valence-electron chi connectivity index (χ4n) is 2.72. The van der Waals surface area contributed by atoms with Crippen LogP contribution in [0.5, 0.6) is 0 Å². The molecule has 0 atom stereocenters. The molecule has 0 aliphatic carbocycles. The Kier molecular flexibility index (Phi) is 4.46. The van der Waals surface area contributed by atoms with Crippen molar-refractivity contribution in [2.75, 3.05) is 31.1 Å². The number of nitrogens with zero attached hydrogens (tertiary/aromatic N) is 5. The molecule has 8 heteroatoms. The molecule has 3 heterocycles. The van der Waals surface area contributed by atoms with Crippen molar-refractivity contribution in [2.24, 2.45) is 0 Å². The van der Waals surface area contributed by atoms with Gasteiger partial charge in [-0.2, -0.15) is 4.98 Å². The molecule has 0 N–H and O–H groups in total. The summed E-state index contributed by atoms with van der Waals surface area (Å²) in [4.78, 5) is 13.5.